The Labute approximate surface area is 408 Å². The van der Waals surface area contributed by atoms with Crippen LogP contribution >= 0.6 is 11.6 Å². The van der Waals surface area contributed by atoms with Crippen LogP contribution in [0.15, 0.2) is 41.5 Å². The van der Waals surface area contributed by atoms with Gasteiger partial charge in [0.05, 0.1) is 44.2 Å². The number of Topliss-reactive ketones (excluding diaryl/α,β-unsaturated/α-hetero) is 2. The number of esters is 1. The fourth-order valence-corrected chi connectivity index (χ4v) is 11.0. The highest BCUT2D eigenvalue weighted by molar-refractivity contribution is 6.39. The maximum absolute atomic E-state index is 14.5. The van der Waals surface area contributed by atoms with Gasteiger partial charge in [-0.2, -0.15) is 0 Å². The molecule has 15 atom stereocenters. The number of aliphatic hydroxyl groups excluding tert-OH is 2. The maximum atomic E-state index is 14.5. The predicted octanol–water partition coefficient (Wildman–Crippen LogP) is 6.89. The molecule has 3 heterocycles. The Hall–Kier alpha value is -3.25. The molecule has 3 aliphatic heterocycles. The molecule has 0 radical (unpaired) electrons. The van der Waals surface area contributed by atoms with Gasteiger partial charge in [0, 0.05) is 57.1 Å². The third-order valence-electron chi connectivity index (χ3n) is 14.8. The maximum Gasteiger partial charge on any atom is 0.329 e. The summed E-state index contributed by atoms with van der Waals surface area (Å²) in [6.07, 6.45) is 2.79. The Balaban J connectivity index is 1.44. The highest BCUT2D eigenvalue weighted by Crippen LogP contribution is 2.40. The van der Waals surface area contributed by atoms with Crippen LogP contribution in [-0.4, -0.2) is 140 Å². The van der Waals surface area contributed by atoms with Crippen LogP contribution in [0.3, 0.4) is 0 Å². The summed E-state index contributed by atoms with van der Waals surface area (Å²) >= 11 is 6.25. The Morgan fingerprint density at radius 2 is 1.62 bits per heavy atom. The lowest BCUT2D eigenvalue weighted by atomic mass is 9.81. The van der Waals surface area contributed by atoms with Gasteiger partial charge < -0.3 is 53.4 Å². The molecule has 3 N–H and O–H groups in total. The highest BCUT2D eigenvalue weighted by Gasteiger charge is 2.56. The fourth-order valence-electron chi connectivity index (χ4n) is 10.8. The van der Waals surface area contributed by atoms with Crippen molar-refractivity contribution in [2.24, 2.45) is 29.6 Å². The number of allylic oxidation sites excluding steroid dienone is 3. The number of piperidine rings is 1. The number of fused-ring (bicyclic) bond motifs is 3. The number of cyclic esters (lactones) is 1. The van der Waals surface area contributed by atoms with Crippen LogP contribution in [-0.2, 0) is 47.6 Å². The molecule has 3 fully saturated rings. The van der Waals surface area contributed by atoms with Crippen LogP contribution in [0.4, 0.5) is 0 Å². The lowest BCUT2D eigenvalue weighted by molar-refractivity contribution is -0.302. The highest BCUT2D eigenvalue weighted by atomic mass is 35.5. The number of amides is 1. The number of hydrogen-bond acceptors (Lipinski definition) is 14. The van der Waals surface area contributed by atoms with Crippen LogP contribution in [0.1, 0.15) is 124 Å². The number of nitrogens with zero attached hydrogens (tertiary/aromatic N) is 1. The summed E-state index contributed by atoms with van der Waals surface area (Å²) in [5.41, 5.74) is 2.19. The Morgan fingerprint density at radius 3 is 2.28 bits per heavy atom. The molecule has 0 spiro atoms. The van der Waals surface area contributed by atoms with Gasteiger partial charge in [-0.3, -0.25) is 14.4 Å². The second kappa shape index (κ2) is 25.2. The van der Waals surface area contributed by atoms with Crippen molar-refractivity contribution in [3.05, 3.63) is 52.1 Å². The van der Waals surface area contributed by atoms with Crippen LogP contribution in [0, 0.1) is 29.6 Å². The van der Waals surface area contributed by atoms with Crippen molar-refractivity contribution in [1.82, 2.24) is 4.90 Å². The van der Waals surface area contributed by atoms with E-state index in [4.69, 9.17) is 44.8 Å². The zero-order chi connectivity index (χ0) is 50.0. The van der Waals surface area contributed by atoms with Gasteiger partial charge in [-0.1, -0.05) is 57.0 Å². The number of ketones is 2. The summed E-state index contributed by atoms with van der Waals surface area (Å²) in [7, 11) is 6.20. The largest absolute Gasteiger partial charge is 0.497 e. The molecule has 2 bridgehead atoms. The Morgan fingerprint density at radius 1 is 0.926 bits per heavy atom. The third-order valence-corrected chi connectivity index (χ3v) is 15.1. The number of carbonyl (C=O) groups excluding carboxylic acids is 4. The molecule has 382 valence electrons. The first-order valence-electron chi connectivity index (χ1n) is 24.5. The first-order chi connectivity index (χ1) is 32.3. The van der Waals surface area contributed by atoms with Gasteiger partial charge in [-0.15, -0.1) is 0 Å². The first-order valence-corrected chi connectivity index (χ1v) is 24.9. The van der Waals surface area contributed by atoms with E-state index in [0.717, 1.165) is 5.57 Å². The zero-order valence-corrected chi connectivity index (χ0v) is 42.6. The molecule has 5 rings (SSSR count). The summed E-state index contributed by atoms with van der Waals surface area (Å²) in [6.45, 7) is 11.2. The van der Waals surface area contributed by atoms with Crippen molar-refractivity contribution in [2.45, 2.75) is 173 Å². The van der Waals surface area contributed by atoms with Gasteiger partial charge in [-0.05, 0) is 119 Å². The van der Waals surface area contributed by atoms with E-state index in [1.54, 1.807) is 39.2 Å². The van der Waals surface area contributed by atoms with E-state index in [1.807, 2.05) is 39.8 Å². The van der Waals surface area contributed by atoms with Crippen LogP contribution in [0.25, 0.3) is 0 Å². The van der Waals surface area contributed by atoms with Crippen molar-refractivity contribution < 1.29 is 67.7 Å². The van der Waals surface area contributed by atoms with E-state index < -0.39 is 83.9 Å². The van der Waals surface area contributed by atoms with Crippen LogP contribution in [0.5, 0.6) is 5.75 Å². The van der Waals surface area contributed by atoms with Gasteiger partial charge in [0.15, 0.2) is 0 Å². The van der Waals surface area contributed by atoms with Crippen LogP contribution < -0.4 is 4.74 Å². The number of aliphatic hydroxyl groups is 3. The molecule has 1 amide bonds. The minimum Gasteiger partial charge on any atom is -0.497 e. The molecule has 2 saturated heterocycles. The summed E-state index contributed by atoms with van der Waals surface area (Å²) in [6, 6.07) is 3.87. The number of benzene rings is 1. The lowest BCUT2D eigenvalue weighted by Crippen LogP contribution is -2.64. The number of carbonyl (C=O) groups is 4. The van der Waals surface area contributed by atoms with Crippen molar-refractivity contribution in [2.75, 3.05) is 41.6 Å². The molecule has 1 aromatic rings. The van der Waals surface area contributed by atoms with Gasteiger partial charge in [0.25, 0.3) is 11.7 Å². The second-order valence-corrected chi connectivity index (χ2v) is 20.3. The average Bonchev–Trinajstić information content (AvgIpc) is 3.32. The molecule has 15 nitrogen and oxygen atoms in total. The predicted molar refractivity (Wildman–Crippen MR) is 255 cm³/mol. The van der Waals surface area contributed by atoms with E-state index in [-0.39, 0.29) is 62.2 Å². The standard InChI is InChI=1S/C52H78ClNO14/c1-11-35-19-29(2)18-30(3)20-45(64-9)48-46(65-10)22-32(5)52(61,68-48)49(58)50(59)54-17-13-12-14-39(54)51(60)67-47(33(6)40(55)27-41(35)56)31(4)21-34-15-16-43(44(23-34)63-8)66-28-42(57)36-24-37(53)26-38(25-36)62-7/h19,21,24-26,30,32-35,39-40,42-48,55,57,61H,11-18,20,22-23,27-28H2,1-10H3/b29-19+,31-21?. The van der Waals surface area contributed by atoms with Crippen molar-refractivity contribution in [1.29, 1.82) is 0 Å². The van der Waals surface area contributed by atoms with Gasteiger partial charge in [0.1, 0.15) is 35.9 Å². The normalized spacial score (nSPS) is 36.7. The second-order valence-electron chi connectivity index (χ2n) is 19.9. The van der Waals surface area contributed by atoms with E-state index in [2.05, 4.69) is 0 Å². The molecule has 1 saturated carbocycles. The number of halogens is 1. The van der Waals surface area contributed by atoms with Gasteiger partial charge >= 0.3 is 5.97 Å². The summed E-state index contributed by atoms with van der Waals surface area (Å²) in [5.74, 6) is -7.24. The summed E-state index contributed by atoms with van der Waals surface area (Å²) in [4.78, 5) is 58.5. The fraction of sp³-hybridized carbons (Fsp3) is 0.731. The van der Waals surface area contributed by atoms with Crippen LogP contribution in [0.2, 0.25) is 5.02 Å². The minimum atomic E-state index is -2.53. The van der Waals surface area contributed by atoms with Gasteiger partial charge in [-0.25, -0.2) is 4.79 Å². The lowest BCUT2D eigenvalue weighted by Gasteiger charge is -2.47. The molecular formula is C52H78ClNO14. The zero-order valence-electron chi connectivity index (χ0n) is 41.8. The van der Waals surface area contributed by atoms with Crippen molar-refractivity contribution >= 4 is 35.0 Å². The third kappa shape index (κ3) is 13.6. The smallest absolute Gasteiger partial charge is 0.329 e. The molecule has 1 aromatic carbocycles. The van der Waals surface area contributed by atoms with Gasteiger partial charge in [0.2, 0.25) is 5.79 Å². The molecule has 15 unspecified atom stereocenters. The molecule has 68 heavy (non-hydrogen) atoms. The first kappa shape index (κ1) is 55.7. The molecule has 16 heteroatoms. The quantitative estimate of drug-likeness (QED) is 0.118. The monoisotopic (exact) mass is 976 g/mol. The summed E-state index contributed by atoms with van der Waals surface area (Å²) < 4.78 is 41.9. The Kier molecular flexibility index (Phi) is 20.7. The number of methoxy groups -OCH3 is 4. The van der Waals surface area contributed by atoms with Crippen molar-refractivity contribution in [3.8, 4) is 5.75 Å². The van der Waals surface area contributed by atoms with E-state index in [1.165, 1.54) is 26.2 Å². The van der Waals surface area contributed by atoms with E-state index in [0.29, 0.717) is 73.3 Å². The number of rotatable bonds is 11. The molecule has 4 aliphatic rings. The average molecular weight is 977 g/mol. The molecular weight excluding hydrogens is 898 g/mol. The number of hydrogen-bond donors (Lipinski definition) is 3. The molecule has 1 aliphatic carbocycles. The minimum absolute atomic E-state index is 0.00772. The van der Waals surface area contributed by atoms with E-state index in [9.17, 15) is 34.5 Å². The molecule has 0 aromatic heterocycles. The number of ether oxygens (including phenoxy) is 7. The Bertz CT molecular complexity index is 1940. The van der Waals surface area contributed by atoms with Crippen molar-refractivity contribution in [3.63, 3.8) is 0 Å². The topological polar surface area (TPSA) is 197 Å². The van der Waals surface area contributed by atoms with E-state index >= 15 is 0 Å². The SMILES string of the molecule is CCC1/C=C(\C)CC(C)CC(OC)C2OC(O)(C(=O)C(=O)N3CCCCC3C(=O)OC(C(C)=CC3CCC(OCC(O)c4cc(Cl)cc(OC)c4)C(OC)C3)C(C)C(O)CC1=O)C(C)CC2OC. The summed E-state index contributed by atoms with van der Waals surface area (Å²) in [5, 5.41) is 35.4.